The number of halogens is 3. The lowest BCUT2D eigenvalue weighted by atomic mass is 10.5. The molecule has 0 saturated carbocycles. The Morgan fingerprint density at radius 3 is 2.59 bits per heavy atom. The molecule has 1 heterocycles. The van der Waals surface area contributed by atoms with Crippen LogP contribution in [0, 0.1) is 0 Å². The van der Waals surface area contributed by atoms with E-state index >= 15 is 0 Å². The van der Waals surface area contributed by atoms with E-state index < -0.39 is 6.61 Å². The zero-order valence-corrected chi connectivity index (χ0v) is 9.14. The highest BCUT2D eigenvalue weighted by Gasteiger charge is 2.05. The zero-order valence-electron chi connectivity index (χ0n) is 8.39. The minimum atomic E-state index is -2.82. The van der Waals surface area contributed by atoms with Crippen molar-refractivity contribution in [1.82, 2.24) is 9.97 Å². The molecule has 0 fully saturated rings. The van der Waals surface area contributed by atoms with E-state index in [9.17, 15) is 8.78 Å². The zero-order chi connectivity index (χ0) is 12.7. The fourth-order valence-corrected chi connectivity index (χ4v) is 0.936. The van der Waals surface area contributed by atoms with Crippen molar-refractivity contribution in [3.05, 3.63) is 18.2 Å². The summed E-state index contributed by atoms with van der Waals surface area (Å²) in [7, 11) is 0. The largest absolute Gasteiger partial charge is 0.488 e. The van der Waals surface area contributed by atoms with Gasteiger partial charge in [-0.3, -0.25) is 0 Å². The molecule has 0 aromatic carbocycles. The molecule has 0 bridgehead atoms. The van der Waals surface area contributed by atoms with Crippen LogP contribution < -0.4 is 4.74 Å². The van der Waals surface area contributed by atoms with Gasteiger partial charge >= 0.3 is 6.61 Å². The Hall–Kier alpha value is -1.54. The van der Waals surface area contributed by atoms with Crippen LogP contribution in [0.15, 0.2) is 17.5 Å². The molecule has 0 aliphatic carbocycles. The van der Waals surface area contributed by atoms with Crippen LogP contribution in [0.1, 0.15) is 5.82 Å². The van der Waals surface area contributed by atoms with Gasteiger partial charge in [-0.05, 0) is 0 Å². The maximum atomic E-state index is 11.6. The number of ether oxygens (including phenoxy) is 2. The van der Waals surface area contributed by atoms with Crippen molar-refractivity contribution in [3.63, 3.8) is 0 Å². The number of rotatable bonds is 6. The van der Waals surface area contributed by atoms with Crippen LogP contribution in [0.3, 0.4) is 0 Å². The molecule has 0 aliphatic heterocycles. The predicted molar refractivity (Wildman–Crippen MR) is 53.7 cm³/mol. The molecule has 0 atom stereocenters. The van der Waals surface area contributed by atoms with E-state index in [4.69, 9.17) is 21.5 Å². The summed E-state index contributed by atoms with van der Waals surface area (Å²) in [4.78, 5) is 7.43. The Morgan fingerprint density at radius 1 is 1.41 bits per heavy atom. The van der Waals surface area contributed by atoms with Crippen molar-refractivity contribution in [3.8, 4) is 5.75 Å². The second-order valence-corrected chi connectivity index (χ2v) is 2.97. The third-order valence-corrected chi connectivity index (χ3v) is 1.74. The van der Waals surface area contributed by atoms with Gasteiger partial charge in [-0.1, -0.05) is 16.8 Å². The molecule has 0 spiro atoms. The first-order chi connectivity index (χ1) is 8.13. The lowest BCUT2D eigenvalue weighted by Gasteiger charge is -2.05. The van der Waals surface area contributed by atoms with Crippen molar-refractivity contribution in [2.75, 3.05) is 13.2 Å². The third kappa shape index (κ3) is 4.87. The monoisotopic (exact) mass is 267 g/mol. The first-order valence-electron chi connectivity index (χ1n) is 4.36. The van der Waals surface area contributed by atoms with Crippen LogP contribution in [0.25, 0.3) is 0 Å². The number of alkyl halides is 2. The van der Waals surface area contributed by atoms with E-state index in [1.165, 1.54) is 12.4 Å². The molecule has 9 heteroatoms. The Labute approximate surface area is 99.8 Å². The molecule has 1 rings (SSSR count). The summed E-state index contributed by atoms with van der Waals surface area (Å²) >= 11 is 5.44. The Kier molecular flexibility index (Phi) is 5.50. The molecule has 0 unspecified atom stereocenters. The average molecular weight is 268 g/mol. The minimum Gasteiger partial charge on any atom is -0.488 e. The highest BCUT2D eigenvalue weighted by molar-refractivity contribution is 6.68. The highest BCUT2D eigenvalue weighted by atomic mass is 35.5. The van der Waals surface area contributed by atoms with E-state index in [-0.39, 0.29) is 30.0 Å². The summed E-state index contributed by atoms with van der Waals surface area (Å²) in [5.74, 6) is 0.277. The van der Waals surface area contributed by atoms with Gasteiger partial charge in [0.2, 0.25) is 5.17 Å². The van der Waals surface area contributed by atoms with Crippen molar-refractivity contribution in [2.24, 2.45) is 5.16 Å². The molecule has 1 aromatic rings. The minimum absolute atomic E-state index is 0.0188. The van der Waals surface area contributed by atoms with Crippen LogP contribution in [0.4, 0.5) is 8.78 Å². The molecule has 0 saturated heterocycles. The summed E-state index contributed by atoms with van der Waals surface area (Å²) in [5, 5.41) is 10.8. The number of hydrogen-bond donors (Lipinski definition) is 1. The molecule has 0 aliphatic rings. The molecule has 6 nitrogen and oxygen atoms in total. The van der Waals surface area contributed by atoms with Crippen LogP contribution in [-0.2, 0) is 4.74 Å². The summed E-state index contributed by atoms with van der Waals surface area (Å²) in [6.07, 6.45) is 2.52. The number of hydrogen-bond acceptors (Lipinski definition) is 6. The topological polar surface area (TPSA) is 76.8 Å². The van der Waals surface area contributed by atoms with E-state index in [2.05, 4.69) is 19.9 Å². The van der Waals surface area contributed by atoms with Gasteiger partial charge in [0.05, 0.1) is 19.0 Å². The first-order valence-corrected chi connectivity index (χ1v) is 4.74. The van der Waals surface area contributed by atoms with E-state index in [1.54, 1.807) is 0 Å². The van der Waals surface area contributed by atoms with Gasteiger partial charge in [0.1, 0.15) is 6.61 Å². The second kappa shape index (κ2) is 6.92. The predicted octanol–water partition coefficient (Wildman–Crippen LogP) is 1.47. The van der Waals surface area contributed by atoms with Gasteiger partial charge in [0.15, 0.2) is 11.6 Å². The van der Waals surface area contributed by atoms with Crippen LogP contribution in [-0.4, -0.2) is 40.2 Å². The van der Waals surface area contributed by atoms with Gasteiger partial charge in [0, 0.05) is 0 Å². The quantitative estimate of drug-likeness (QED) is 0.365. The maximum Gasteiger partial charge on any atom is 0.345 e. The van der Waals surface area contributed by atoms with Gasteiger partial charge in [-0.2, -0.15) is 8.78 Å². The molecule has 94 valence electrons. The van der Waals surface area contributed by atoms with Crippen molar-refractivity contribution >= 4 is 16.8 Å². The Bertz CT molecular complexity index is 375. The Morgan fingerprint density at radius 2 is 2.06 bits per heavy atom. The summed E-state index contributed by atoms with van der Waals surface area (Å²) in [6.45, 7) is -3.13. The summed E-state index contributed by atoms with van der Waals surface area (Å²) < 4.78 is 32.1. The first kappa shape index (κ1) is 13.5. The van der Waals surface area contributed by atoms with Crippen molar-refractivity contribution < 1.29 is 23.5 Å². The normalized spacial score (nSPS) is 11.9. The fourth-order valence-electron chi connectivity index (χ4n) is 0.839. The van der Waals surface area contributed by atoms with Gasteiger partial charge in [0.25, 0.3) is 0 Å². The van der Waals surface area contributed by atoms with Crippen LogP contribution >= 0.6 is 11.6 Å². The van der Waals surface area contributed by atoms with Crippen LogP contribution in [0.2, 0.25) is 0 Å². The van der Waals surface area contributed by atoms with Gasteiger partial charge in [-0.15, -0.1) is 0 Å². The molecule has 17 heavy (non-hydrogen) atoms. The summed E-state index contributed by atoms with van der Waals surface area (Å²) in [5.41, 5.74) is 0. The summed E-state index contributed by atoms with van der Waals surface area (Å²) in [6, 6.07) is 0. The van der Waals surface area contributed by atoms with E-state index in [0.717, 1.165) is 0 Å². The highest BCUT2D eigenvalue weighted by Crippen LogP contribution is 2.07. The second-order valence-electron chi connectivity index (χ2n) is 2.61. The Balaban J connectivity index is 2.41. The fraction of sp³-hybridized carbons (Fsp3) is 0.375. The number of aromatic nitrogens is 2. The van der Waals surface area contributed by atoms with Gasteiger partial charge < -0.3 is 14.7 Å². The number of oxime groups is 1. The molecule has 0 amide bonds. The number of nitrogens with zero attached hydrogens (tertiary/aromatic N) is 3. The molecule has 1 N–H and O–H groups in total. The molecular weight excluding hydrogens is 260 g/mol. The van der Waals surface area contributed by atoms with E-state index in [1.807, 2.05) is 0 Å². The average Bonchev–Trinajstić information content (AvgIpc) is 2.34. The standard InChI is InChI=1S/C8H8ClF2N3O3/c9-6(14-15)7-12-3-5(4-13-7)16-1-2-17-8(10)11/h3-4,8,15H,1-2H2/b14-6+. The third-order valence-electron chi connectivity index (χ3n) is 1.50. The van der Waals surface area contributed by atoms with Crippen molar-refractivity contribution in [2.45, 2.75) is 6.61 Å². The molecule has 1 aromatic heterocycles. The lowest BCUT2D eigenvalue weighted by molar-refractivity contribution is -0.133. The lowest BCUT2D eigenvalue weighted by Crippen LogP contribution is -2.10. The van der Waals surface area contributed by atoms with E-state index in [0.29, 0.717) is 0 Å². The van der Waals surface area contributed by atoms with Crippen molar-refractivity contribution in [1.29, 1.82) is 0 Å². The smallest absolute Gasteiger partial charge is 0.345 e. The SMILES string of the molecule is O/N=C(/Cl)c1ncc(OCCOC(F)F)cn1. The van der Waals surface area contributed by atoms with Gasteiger partial charge in [-0.25, -0.2) is 9.97 Å². The maximum absolute atomic E-state index is 11.6. The molecule has 0 radical (unpaired) electrons. The molecular formula is C8H8ClF2N3O3. The van der Waals surface area contributed by atoms with Crippen LogP contribution in [0.5, 0.6) is 5.75 Å².